The molecule has 1 amide bonds. The third kappa shape index (κ3) is 3.60. The van der Waals surface area contributed by atoms with Crippen LogP contribution >= 0.6 is 22.9 Å². The summed E-state index contributed by atoms with van der Waals surface area (Å²) in [7, 11) is 0. The second kappa shape index (κ2) is 6.98. The van der Waals surface area contributed by atoms with E-state index in [1.54, 1.807) is 29.7 Å². The van der Waals surface area contributed by atoms with Crippen LogP contribution in [0.2, 0.25) is 5.02 Å². The highest BCUT2D eigenvalue weighted by Gasteiger charge is 2.27. The number of hydrogen-bond donors (Lipinski definition) is 1. The fraction of sp³-hybridized carbons (Fsp3) is 0.278. The van der Waals surface area contributed by atoms with E-state index in [9.17, 15) is 4.79 Å². The molecule has 1 saturated heterocycles. The van der Waals surface area contributed by atoms with Gasteiger partial charge in [-0.3, -0.25) is 4.79 Å². The predicted molar refractivity (Wildman–Crippen MR) is 102 cm³/mol. The summed E-state index contributed by atoms with van der Waals surface area (Å²) in [4.78, 5) is 24.7. The Balaban J connectivity index is 1.46. The first kappa shape index (κ1) is 16.3. The summed E-state index contributed by atoms with van der Waals surface area (Å²) in [5, 5.41) is 4.58. The zero-order valence-electron chi connectivity index (χ0n) is 13.5. The van der Waals surface area contributed by atoms with Crippen LogP contribution < -0.4 is 10.2 Å². The van der Waals surface area contributed by atoms with Gasteiger partial charge in [-0.1, -0.05) is 22.9 Å². The largest absolute Gasteiger partial charge is 0.347 e. The lowest BCUT2D eigenvalue weighted by Crippen LogP contribution is -2.40. The third-order valence-corrected chi connectivity index (χ3v) is 5.62. The van der Waals surface area contributed by atoms with Crippen LogP contribution in [-0.2, 0) is 4.79 Å². The number of amides is 1. The molecule has 1 fully saturated rings. The summed E-state index contributed by atoms with van der Waals surface area (Å²) in [6, 6.07) is 11.1. The van der Waals surface area contributed by atoms with Gasteiger partial charge in [-0.05, 0) is 49.2 Å². The van der Waals surface area contributed by atoms with Crippen molar-refractivity contribution in [2.24, 2.45) is 5.92 Å². The molecule has 0 bridgehead atoms. The number of anilines is 2. The molecule has 0 spiro atoms. The van der Waals surface area contributed by atoms with Crippen molar-refractivity contribution in [2.45, 2.75) is 12.8 Å². The van der Waals surface area contributed by atoms with Crippen LogP contribution in [0, 0.1) is 5.92 Å². The lowest BCUT2D eigenvalue weighted by molar-refractivity contribution is -0.120. The topological polar surface area (TPSA) is 58.1 Å². The molecular weight excluding hydrogens is 356 g/mol. The summed E-state index contributed by atoms with van der Waals surface area (Å²) in [5.74, 6) is -0.00402. The van der Waals surface area contributed by atoms with Gasteiger partial charge in [-0.25, -0.2) is 9.97 Å². The van der Waals surface area contributed by atoms with Crippen LogP contribution in [0.1, 0.15) is 12.8 Å². The number of benzene rings is 1. The zero-order chi connectivity index (χ0) is 17.2. The minimum absolute atomic E-state index is 0.0475. The highest BCUT2D eigenvalue weighted by Crippen LogP contribution is 2.30. The quantitative estimate of drug-likeness (QED) is 0.748. The zero-order valence-corrected chi connectivity index (χ0v) is 15.1. The Labute approximate surface area is 154 Å². The Morgan fingerprint density at radius 2 is 2.12 bits per heavy atom. The number of halogens is 1. The van der Waals surface area contributed by atoms with E-state index in [-0.39, 0.29) is 11.8 Å². The molecule has 1 aliphatic rings. The van der Waals surface area contributed by atoms with Crippen molar-refractivity contribution in [3.63, 3.8) is 0 Å². The maximum absolute atomic E-state index is 12.6. The van der Waals surface area contributed by atoms with Crippen molar-refractivity contribution >= 4 is 50.0 Å². The number of carbonyl (C=O) groups excluding carboxylic acids is 1. The predicted octanol–water partition coefficient (Wildman–Crippen LogP) is 4.20. The van der Waals surface area contributed by atoms with Crippen LogP contribution in [0.15, 0.2) is 42.6 Å². The highest BCUT2D eigenvalue weighted by atomic mass is 35.5. The second-order valence-corrected chi connectivity index (χ2v) is 7.50. The monoisotopic (exact) mass is 372 g/mol. The van der Waals surface area contributed by atoms with Gasteiger partial charge in [-0.15, -0.1) is 0 Å². The van der Waals surface area contributed by atoms with Gasteiger partial charge in [-0.2, -0.15) is 0 Å². The third-order valence-electron chi connectivity index (χ3n) is 4.33. The fourth-order valence-corrected chi connectivity index (χ4v) is 4.11. The molecule has 0 saturated carbocycles. The summed E-state index contributed by atoms with van der Waals surface area (Å²) in [6.07, 6.45) is 3.64. The fourth-order valence-electron chi connectivity index (χ4n) is 3.04. The first-order chi connectivity index (χ1) is 12.2. The molecule has 5 nitrogen and oxygen atoms in total. The molecule has 1 aliphatic heterocycles. The number of aromatic nitrogens is 2. The standard InChI is InChI=1S/C18H17ClN4OS/c19-13-5-7-14(8-6-13)21-16(24)12-3-2-10-23(11-12)18-22-15-4-1-9-20-17(15)25-18/h1,4-9,12H,2-3,10-11H2,(H,21,24)/t12-/m1/s1. The van der Waals surface area contributed by atoms with Gasteiger partial charge in [0.2, 0.25) is 5.91 Å². The van der Waals surface area contributed by atoms with E-state index in [4.69, 9.17) is 11.6 Å². The molecule has 2 aromatic heterocycles. The van der Waals surface area contributed by atoms with E-state index < -0.39 is 0 Å². The summed E-state index contributed by atoms with van der Waals surface area (Å²) < 4.78 is 0. The first-order valence-electron chi connectivity index (χ1n) is 8.22. The van der Waals surface area contributed by atoms with Gasteiger partial charge >= 0.3 is 0 Å². The summed E-state index contributed by atoms with van der Waals surface area (Å²) in [6.45, 7) is 1.60. The van der Waals surface area contributed by atoms with Gasteiger partial charge in [0.25, 0.3) is 0 Å². The molecule has 3 aromatic rings. The number of rotatable bonds is 3. The van der Waals surface area contributed by atoms with E-state index in [1.165, 1.54) is 0 Å². The van der Waals surface area contributed by atoms with Crippen LogP contribution in [0.4, 0.5) is 10.8 Å². The molecule has 0 radical (unpaired) electrons. The Morgan fingerprint density at radius 1 is 1.28 bits per heavy atom. The second-order valence-electron chi connectivity index (χ2n) is 6.11. The maximum Gasteiger partial charge on any atom is 0.229 e. The summed E-state index contributed by atoms with van der Waals surface area (Å²) in [5.41, 5.74) is 1.69. The van der Waals surface area contributed by atoms with Gasteiger partial charge in [0.1, 0.15) is 10.3 Å². The average molecular weight is 373 g/mol. The van der Waals surface area contributed by atoms with Crippen molar-refractivity contribution in [3.8, 4) is 0 Å². The number of pyridine rings is 1. The van der Waals surface area contributed by atoms with E-state index in [0.717, 1.165) is 40.6 Å². The lowest BCUT2D eigenvalue weighted by atomic mass is 9.97. The molecule has 25 heavy (non-hydrogen) atoms. The number of piperidine rings is 1. The number of carbonyl (C=O) groups is 1. The van der Waals surface area contributed by atoms with Crippen LogP contribution in [-0.4, -0.2) is 29.0 Å². The molecule has 128 valence electrons. The van der Waals surface area contributed by atoms with Crippen molar-refractivity contribution < 1.29 is 4.79 Å². The lowest BCUT2D eigenvalue weighted by Gasteiger charge is -2.31. The molecule has 1 atom stereocenters. The minimum Gasteiger partial charge on any atom is -0.347 e. The Bertz CT molecular complexity index is 862. The van der Waals surface area contributed by atoms with Crippen LogP contribution in [0.3, 0.4) is 0 Å². The molecule has 4 rings (SSSR count). The van der Waals surface area contributed by atoms with Crippen LogP contribution in [0.25, 0.3) is 10.3 Å². The van der Waals surface area contributed by atoms with Gasteiger partial charge < -0.3 is 10.2 Å². The molecule has 0 unspecified atom stereocenters. The smallest absolute Gasteiger partial charge is 0.229 e. The van der Waals surface area contributed by atoms with E-state index >= 15 is 0 Å². The molecule has 1 N–H and O–H groups in total. The first-order valence-corrected chi connectivity index (χ1v) is 9.41. The SMILES string of the molecule is O=C(Nc1ccc(Cl)cc1)[C@@H]1CCCN(c2nc3cccnc3s2)C1. The van der Waals surface area contributed by atoms with Crippen molar-refractivity contribution in [1.29, 1.82) is 0 Å². The van der Waals surface area contributed by atoms with Crippen LogP contribution in [0.5, 0.6) is 0 Å². The number of nitrogens with zero attached hydrogens (tertiary/aromatic N) is 3. The van der Waals surface area contributed by atoms with Crippen molar-refractivity contribution in [1.82, 2.24) is 9.97 Å². The van der Waals surface area contributed by atoms with E-state index in [2.05, 4.69) is 20.2 Å². The molecule has 0 aliphatic carbocycles. The number of fused-ring (bicyclic) bond motifs is 1. The van der Waals surface area contributed by atoms with Crippen molar-refractivity contribution in [3.05, 3.63) is 47.6 Å². The molecule has 3 heterocycles. The maximum atomic E-state index is 12.6. The highest BCUT2D eigenvalue weighted by molar-refractivity contribution is 7.21. The Morgan fingerprint density at radius 3 is 2.92 bits per heavy atom. The van der Waals surface area contributed by atoms with E-state index in [0.29, 0.717) is 11.6 Å². The number of hydrogen-bond acceptors (Lipinski definition) is 5. The average Bonchev–Trinajstić information content (AvgIpc) is 3.08. The van der Waals surface area contributed by atoms with E-state index in [1.807, 2.05) is 24.3 Å². The van der Waals surface area contributed by atoms with Gasteiger partial charge in [0, 0.05) is 30.0 Å². The normalized spacial score (nSPS) is 17.6. The number of thiazole rings is 1. The summed E-state index contributed by atoms with van der Waals surface area (Å²) >= 11 is 7.47. The molecule has 1 aromatic carbocycles. The van der Waals surface area contributed by atoms with Gasteiger partial charge in [0.15, 0.2) is 5.13 Å². The molecular formula is C18H17ClN4OS. The van der Waals surface area contributed by atoms with Gasteiger partial charge in [0.05, 0.1) is 5.92 Å². The minimum atomic E-state index is -0.0515. The Kier molecular flexibility index (Phi) is 4.55. The number of nitrogens with one attached hydrogen (secondary N) is 1. The molecule has 7 heteroatoms. The Hall–Kier alpha value is -2.18. The van der Waals surface area contributed by atoms with Crippen molar-refractivity contribution in [2.75, 3.05) is 23.3 Å².